The molecule has 0 saturated carbocycles. The van der Waals surface area contributed by atoms with Crippen LogP contribution in [0.5, 0.6) is 11.5 Å². The summed E-state index contributed by atoms with van der Waals surface area (Å²) in [5.41, 5.74) is 0.0752. The molecule has 0 atom stereocenters. The second kappa shape index (κ2) is 7.88. The molecule has 0 aliphatic heterocycles. The van der Waals surface area contributed by atoms with E-state index in [-0.39, 0.29) is 11.5 Å². The Morgan fingerprint density at radius 2 is 1.60 bits per heavy atom. The van der Waals surface area contributed by atoms with Crippen molar-refractivity contribution in [1.29, 1.82) is 0 Å². The van der Waals surface area contributed by atoms with E-state index in [2.05, 4.69) is 0 Å². The summed E-state index contributed by atoms with van der Waals surface area (Å²) >= 11 is 0. The maximum atomic E-state index is 12.7. The SMILES string of the molecule is O=S(=O)(O)CCCCc1cccc(Oc2cccc(C(F)(F)F)c2)c1. The van der Waals surface area contributed by atoms with Crippen molar-refractivity contribution in [3.8, 4) is 11.5 Å². The number of aryl methyl sites for hydroxylation is 1. The minimum Gasteiger partial charge on any atom is -0.457 e. The molecule has 0 amide bonds. The first kappa shape index (κ1) is 19.3. The topological polar surface area (TPSA) is 63.6 Å². The van der Waals surface area contributed by atoms with Crippen molar-refractivity contribution in [1.82, 2.24) is 0 Å². The van der Waals surface area contributed by atoms with E-state index in [4.69, 9.17) is 9.29 Å². The van der Waals surface area contributed by atoms with Crippen molar-refractivity contribution in [2.45, 2.75) is 25.4 Å². The third-order valence-corrected chi connectivity index (χ3v) is 4.22. The number of unbranched alkanes of at least 4 members (excludes halogenated alkanes) is 1. The highest BCUT2D eigenvalue weighted by molar-refractivity contribution is 7.85. The lowest BCUT2D eigenvalue weighted by Crippen LogP contribution is -2.04. The van der Waals surface area contributed by atoms with Gasteiger partial charge >= 0.3 is 6.18 Å². The first-order chi connectivity index (χ1) is 11.6. The molecule has 0 aromatic heterocycles. The van der Waals surface area contributed by atoms with Crippen LogP contribution in [0, 0.1) is 0 Å². The van der Waals surface area contributed by atoms with Gasteiger partial charge in [0.25, 0.3) is 10.1 Å². The molecule has 0 spiro atoms. The van der Waals surface area contributed by atoms with E-state index in [1.807, 2.05) is 6.07 Å². The fourth-order valence-electron chi connectivity index (χ4n) is 2.25. The zero-order chi connectivity index (χ0) is 18.5. The molecule has 0 heterocycles. The highest BCUT2D eigenvalue weighted by Gasteiger charge is 2.30. The Kier molecular flexibility index (Phi) is 6.07. The number of rotatable bonds is 7. The molecule has 4 nitrogen and oxygen atoms in total. The summed E-state index contributed by atoms with van der Waals surface area (Å²) in [6, 6.07) is 11.5. The maximum absolute atomic E-state index is 12.7. The maximum Gasteiger partial charge on any atom is 0.416 e. The quantitative estimate of drug-likeness (QED) is 0.563. The summed E-state index contributed by atoms with van der Waals surface area (Å²) in [6.45, 7) is 0. The minimum absolute atomic E-state index is 0.0818. The van der Waals surface area contributed by atoms with E-state index in [9.17, 15) is 21.6 Å². The van der Waals surface area contributed by atoms with Crippen molar-refractivity contribution in [3.63, 3.8) is 0 Å². The first-order valence-corrected chi connectivity index (χ1v) is 9.14. The third-order valence-electron chi connectivity index (χ3n) is 3.41. The fourth-order valence-corrected chi connectivity index (χ4v) is 2.82. The van der Waals surface area contributed by atoms with Crippen molar-refractivity contribution in [2.75, 3.05) is 5.75 Å². The number of alkyl halides is 3. The molecule has 2 aromatic carbocycles. The van der Waals surface area contributed by atoms with Crippen LogP contribution in [-0.2, 0) is 22.7 Å². The van der Waals surface area contributed by atoms with Gasteiger partial charge in [0, 0.05) is 0 Å². The molecular formula is C17H17F3O4S. The van der Waals surface area contributed by atoms with Gasteiger partial charge in [-0.15, -0.1) is 0 Å². The number of hydrogen-bond donors (Lipinski definition) is 1. The number of benzene rings is 2. The highest BCUT2D eigenvalue weighted by Crippen LogP contribution is 2.32. The lowest BCUT2D eigenvalue weighted by molar-refractivity contribution is -0.137. The second-order valence-electron chi connectivity index (χ2n) is 5.52. The molecule has 0 aliphatic carbocycles. The van der Waals surface area contributed by atoms with Gasteiger partial charge in [-0.2, -0.15) is 21.6 Å². The van der Waals surface area contributed by atoms with E-state index in [0.717, 1.165) is 17.7 Å². The van der Waals surface area contributed by atoms with Gasteiger partial charge in [0.05, 0.1) is 11.3 Å². The van der Waals surface area contributed by atoms with Gasteiger partial charge in [-0.3, -0.25) is 4.55 Å². The van der Waals surface area contributed by atoms with E-state index in [1.54, 1.807) is 18.2 Å². The minimum atomic E-state index is -4.44. The van der Waals surface area contributed by atoms with E-state index >= 15 is 0 Å². The van der Waals surface area contributed by atoms with Crippen LogP contribution in [0.3, 0.4) is 0 Å². The largest absolute Gasteiger partial charge is 0.457 e. The van der Waals surface area contributed by atoms with Crippen molar-refractivity contribution in [3.05, 3.63) is 59.7 Å². The Bertz CT molecular complexity index is 817. The summed E-state index contributed by atoms with van der Waals surface area (Å²) in [4.78, 5) is 0. The average molecular weight is 374 g/mol. The predicted octanol–water partition coefficient (Wildman–Crippen LogP) is 4.71. The third kappa shape index (κ3) is 6.75. The van der Waals surface area contributed by atoms with E-state index in [0.29, 0.717) is 25.0 Å². The zero-order valence-electron chi connectivity index (χ0n) is 13.2. The molecule has 2 rings (SSSR count). The number of ether oxygens (including phenoxy) is 1. The first-order valence-electron chi connectivity index (χ1n) is 7.53. The van der Waals surface area contributed by atoms with Gasteiger partial charge < -0.3 is 4.74 Å². The van der Waals surface area contributed by atoms with Crippen molar-refractivity contribution < 1.29 is 30.9 Å². The van der Waals surface area contributed by atoms with Gasteiger partial charge in [-0.1, -0.05) is 18.2 Å². The Labute approximate surface area is 144 Å². The lowest BCUT2D eigenvalue weighted by Gasteiger charge is -2.11. The Morgan fingerprint density at radius 1 is 0.960 bits per heavy atom. The monoisotopic (exact) mass is 374 g/mol. The Balaban J connectivity index is 2.00. The van der Waals surface area contributed by atoms with E-state index < -0.39 is 21.9 Å². The molecule has 0 radical (unpaired) electrons. The summed E-state index contributed by atoms with van der Waals surface area (Å²) < 4.78 is 73.6. The molecule has 8 heteroatoms. The molecular weight excluding hydrogens is 357 g/mol. The summed E-state index contributed by atoms with van der Waals surface area (Å²) in [7, 11) is -3.96. The van der Waals surface area contributed by atoms with Crippen LogP contribution >= 0.6 is 0 Å². The summed E-state index contributed by atoms with van der Waals surface area (Å²) in [5.74, 6) is 0.179. The zero-order valence-corrected chi connectivity index (χ0v) is 14.0. The molecule has 25 heavy (non-hydrogen) atoms. The Hall–Kier alpha value is -2.06. The number of hydrogen-bond acceptors (Lipinski definition) is 3. The van der Waals surface area contributed by atoms with Crippen LogP contribution in [0.1, 0.15) is 24.0 Å². The molecule has 2 aromatic rings. The molecule has 136 valence electrons. The summed E-state index contributed by atoms with van der Waals surface area (Å²) in [6.07, 6.45) is -3.01. The van der Waals surface area contributed by atoms with Gasteiger partial charge in [-0.25, -0.2) is 0 Å². The Morgan fingerprint density at radius 3 is 2.24 bits per heavy atom. The van der Waals surface area contributed by atoms with Gasteiger partial charge in [0.2, 0.25) is 0 Å². The molecule has 0 saturated heterocycles. The van der Waals surface area contributed by atoms with Crippen LogP contribution < -0.4 is 4.74 Å². The molecule has 0 unspecified atom stereocenters. The fraction of sp³-hybridized carbons (Fsp3) is 0.294. The predicted molar refractivity (Wildman–Crippen MR) is 87.3 cm³/mol. The van der Waals surface area contributed by atoms with Crippen LogP contribution in [0.15, 0.2) is 48.5 Å². The van der Waals surface area contributed by atoms with Crippen LogP contribution in [-0.4, -0.2) is 18.7 Å². The molecule has 0 aliphatic rings. The summed E-state index contributed by atoms with van der Waals surface area (Å²) in [5, 5.41) is 0. The van der Waals surface area contributed by atoms with Crippen molar-refractivity contribution >= 4 is 10.1 Å². The normalized spacial score (nSPS) is 12.2. The highest BCUT2D eigenvalue weighted by atomic mass is 32.2. The standard InChI is InChI=1S/C17H17F3O4S/c18-17(19,20)14-7-4-9-16(12-14)24-15-8-3-6-13(11-15)5-1-2-10-25(21,22)23/h3-4,6-9,11-12H,1-2,5,10H2,(H,21,22,23). The lowest BCUT2D eigenvalue weighted by atomic mass is 10.1. The van der Waals surface area contributed by atoms with Gasteiger partial charge in [-0.05, 0) is 55.2 Å². The number of halogens is 3. The van der Waals surface area contributed by atoms with Crippen LogP contribution in [0.2, 0.25) is 0 Å². The molecule has 1 N–H and O–H groups in total. The molecule has 0 bridgehead atoms. The smallest absolute Gasteiger partial charge is 0.416 e. The second-order valence-corrected chi connectivity index (χ2v) is 7.09. The van der Waals surface area contributed by atoms with Gasteiger partial charge in [0.15, 0.2) is 0 Å². The average Bonchev–Trinajstić information content (AvgIpc) is 2.51. The van der Waals surface area contributed by atoms with Gasteiger partial charge in [0.1, 0.15) is 11.5 Å². The van der Waals surface area contributed by atoms with Crippen LogP contribution in [0.25, 0.3) is 0 Å². The van der Waals surface area contributed by atoms with Crippen molar-refractivity contribution in [2.24, 2.45) is 0 Å². The van der Waals surface area contributed by atoms with E-state index in [1.165, 1.54) is 12.1 Å². The molecule has 0 fully saturated rings. The van der Waals surface area contributed by atoms with Crippen LogP contribution in [0.4, 0.5) is 13.2 Å².